The summed E-state index contributed by atoms with van der Waals surface area (Å²) in [5, 5.41) is 3.43. The molecule has 16 heavy (non-hydrogen) atoms. The highest BCUT2D eigenvalue weighted by Gasteiger charge is 2.21. The smallest absolute Gasteiger partial charge is 0.109 e. The largest absolute Gasteiger partial charge is 0.324 e. The van der Waals surface area contributed by atoms with E-state index in [0.29, 0.717) is 6.04 Å². The van der Waals surface area contributed by atoms with Crippen LogP contribution < -0.4 is 5.32 Å². The van der Waals surface area contributed by atoms with Crippen LogP contribution in [0.15, 0.2) is 24.3 Å². The van der Waals surface area contributed by atoms with E-state index in [1.807, 2.05) is 0 Å². The maximum Gasteiger partial charge on any atom is 0.109 e. The Morgan fingerprint density at radius 1 is 1.44 bits per heavy atom. The average Bonchev–Trinajstić information content (AvgIpc) is 2.94. The molecule has 2 heterocycles. The molecule has 84 valence electrons. The molecule has 1 aromatic carbocycles. The molecule has 1 saturated heterocycles. The minimum atomic E-state index is 0.586. The first-order valence-corrected chi connectivity index (χ1v) is 6.06. The third kappa shape index (κ3) is 1.43. The zero-order chi connectivity index (χ0) is 11.0. The van der Waals surface area contributed by atoms with Crippen LogP contribution in [0.25, 0.3) is 11.0 Å². The first kappa shape index (κ1) is 9.85. The van der Waals surface area contributed by atoms with Crippen molar-refractivity contribution < 1.29 is 0 Å². The van der Waals surface area contributed by atoms with Gasteiger partial charge in [-0.3, -0.25) is 0 Å². The van der Waals surface area contributed by atoms with Gasteiger partial charge in [-0.25, -0.2) is 4.98 Å². The number of aryl methyl sites for hydroxylation is 1. The third-order valence-electron chi connectivity index (χ3n) is 3.38. The fraction of sp³-hybridized carbons (Fsp3) is 0.462. The summed E-state index contributed by atoms with van der Waals surface area (Å²) in [4.78, 5) is 4.71. The molecule has 3 nitrogen and oxygen atoms in total. The van der Waals surface area contributed by atoms with Gasteiger partial charge in [0, 0.05) is 19.0 Å². The average molecular weight is 215 g/mol. The van der Waals surface area contributed by atoms with Gasteiger partial charge >= 0.3 is 0 Å². The lowest BCUT2D eigenvalue weighted by Gasteiger charge is -2.14. The Balaban J connectivity index is 2.18. The molecule has 0 spiro atoms. The molecule has 2 aromatic rings. The van der Waals surface area contributed by atoms with E-state index in [9.17, 15) is 0 Å². The number of imidazole rings is 1. The van der Waals surface area contributed by atoms with Crippen LogP contribution in [-0.4, -0.2) is 22.6 Å². The van der Waals surface area contributed by atoms with Crippen molar-refractivity contribution in [3.63, 3.8) is 0 Å². The topological polar surface area (TPSA) is 29.9 Å². The predicted molar refractivity (Wildman–Crippen MR) is 65.6 cm³/mol. The van der Waals surface area contributed by atoms with Gasteiger partial charge in [-0.15, -0.1) is 0 Å². The Morgan fingerprint density at radius 3 is 3.06 bits per heavy atom. The van der Waals surface area contributed by atoms with Crippen molar-refractivity contribution in [3.8, 4) is 0 Å². The second kappa shape index (κ2) is 3.91. The number of fused-ring (bicyclic) bond motifs is 1. The number of hydrogen-bond acceptors (Lipinski definition) is 2. The Hall–Kier alpha value is -1.35. The van der Waals surface area contributed by atoms with E-state index in [4.69, 9.17) is 4.98 Å². The number of nitrogens with zero attached hydrogens (tertiary/aromatic N) is 2. The van der Waals surface area contributed by atoms with Gasteiger partial charge in [-0.05, 0) is 25.1 Å². The van der Waals surface area contributed by atoms with Gasteiger partial charge in [0.05, 0.1) is 11.0 Å². The van der Waals surface area contributed by atoms with Crippen molar-refractivity contribution in [1.82, 2.24) is 14.9 Å². The normalized spacial score (nSPS) is 20.7. The first-order valence-electron chi connectivity index (χ1n) is 6.06. The SMILES string of the molecule is CCc1nc2ccccc2n1C1CCNC1. The van der Waals surface area contributed by atoms with Crippen LogP contribution in [0.1, 0.15) is 25.2 Å². The molecule has 1 aliphatic rings. The molecule has 1 aliphatic heterocycles. The van der Waals surface area contributed by atoms with Gasteiger partial charge in [-0.1, -0.05) is 19.1 Å². The summed E-state index contributed by atoms with van der Waals surface area (Å²) < 4.78 is 2.43. The molecular formula is C13H17N3. The lowest BCUT2D eigenvalue weighted by atomic mass is 10.2. The number of benzene rings is 1. The van der Waals surface area contributed by atoms with E-state index in [-0.39, 0.29) is 0 Å². The Kier molecular flexibility index (Phi) is 2.40. The number of para-hydroxylation sites is 2. The van der Waals surface area contributed by atoms with E-state index in [1.165, 1.54) is 17.8 Å². The molecule has 0 saturated carbocycles. The minimum Gasteiger partial charge on any atom is -0.324 e. The molecule has 0 amide bonds. The maximum absolute atomic E-state index is 4.71. The van der Waals surface area contributed by atoms with Crippen LogP contribution in [0.5, 0.6) is 0 Å². The van der Waals surface area contributed by atoms with Crippen LogP contribution in [0.4, 0.5) is 0 Å². The van der Waals surface area contributed by atoms with Crippen LogP contribution >= 0.6 is 0 Å². The second-order valence-corrected chi connectivity index (χ2v) is 4.39. The highest BCUT2D eigenvalue weighted by atomic mass is 15.1. The molecular weight excluding hydrogens is 198 g/mol. The molecule has 1 fully saturated rings. The Labute approximate surface area is 95.5 Å². The summed E-state index contributed by atoms with van der Waals surface area (Å²) in [7, 11) is 0. The molecule has 1 atom stereocenters. The fourth-order valence-corrected chi connectivity index (χ4v) is 2.61. The lowest BCUT2D eigenvalue weighted by molar-refractivity contribution is 0.539. The lowest BCUT2D eigenvalue weighted by Crippen LogP contribution is -2.15. The van der Waals surface area contributed by atoms with Crippen LogP contribution in [0.2, 0.25) is 0 Å². The summed E-state index contributed by atoms with van der Waals surface area (Å²) in [6.07, 6.45) is 2.22. The van der Waals surface area contributed by atoms with Crippen molar-refractivity contribution in [2.75, 3.05) is 13.1 Å². The summed E-state index contributed by atoms with van der Waals surface area (Å²) >= 11 is 0. The fourth-order valence-electron chi connectivity index (χ4n) is 2.61. The monoisotopic (exact) mass is 215 g/mol. The molecule has 1 unspecified atom stereocenters. The van der Waals surface area contributed by atoms with Crippen LogP contribution in [-0.2, 0) is 6.42 Å². The highest BCUT2D eigenvalue weighted by molar-refractivity contribution is 5.76. The minimum absolute atomic E-state index is 0.586. The van der Waals surface area contributed by atoms with Gasteiger partial charge < -0.3 is 9.88 Å². The standard InChI is InChI=1S/C13H17N3/c1-2-13-15-11-5-3-4-6-12(11)16(13)10-7-8-14-9-10/h3-6,10,14H,2,7-9H2,1H3. The van der Waals surface area contributed by atoms with E-state index >= 15 is 0 Å². The molecule has 1 N–H and O–H groups in total. The van der Waals surface area contributed by atoms with Crippen molar-refractivity contribution in [3.05, 3.63) is 30.1 Å². The quantitative estimate of drug-likeness (QED) is 0.831. The summed E-state index contributed by atoms with van der Waals surface area (Å²) in [6.45, 7) is 4.38. The maximum atomic E-state index is 4.71. The Morgan fingerprint density at radius 2 is 2.31 bits per heavy atom. The van der Waals surface area contributed by atoms with Gasteiger partial charge in [0.1, 0.15) is 5.82 Å². The number of hydrogen-bond donors (Lipinski definition) is 1. The summed E-state index contributed by atoms with van der Waals surface area (Å²) in [5.41, 5.74) is 2.42. The third-order valence-corrected chi connectivity index (χ3v) is 3.38. The molecule has 3 rings (SSSR count). The van der Waals surface area contributed by atoms with E-state index in [0.717, 1.165) is 25.0 Å². The van der Waals surface area contributed by atoms with Gasteiger partial charge in [0.2, 0.25) is 0 Å². The van der Waals surface area contributed by atoms with Crippen molar-refractivity contribution >= 4 is 11.0 Å². The van der Waals surface area contributed by atoms with Crippen molar-refractivity contribution in [1.29, 1.82) is 0 Å². The van der Waals surface area contributed by atoms with Crippen molar-refractivity contribution in [2.45, 2.75) is 25.8 Å². The number of aromatic nitrogens is 2. The highest BCUT2D eigenvalue weighted by Crippen LogP contribution is 2.25. The number of rotatable bonds is 2. The molecule has 1 aromatic heterocycles. The van der Waals surface area contributed by atoms with Gasteiger partial charge in [0.15, 0.2) is 0 Å². The van der Waals surface area contributed by atoms with Crippen LogP contribution in [0.3, 0.4) is 0 Å². The summed E-state index contributed by atoms with van der Waals surface area (Å²) in [6, 6.07) is 9.03. The van der Waals surface area contributed by atoms with Crippen LogP contribution in [0, 0.1) is 0 Å². The second-order valence-electron chi connectivity index (χ2n) is 4.39. The number of nitrogens with one attached hydrogen (secondary N) is 1. The van der Waals surface area contributed by atoms with Gasteiger partial charge in [-0.2, -0.15) is 0 Å². The zero-order valence-corrected chi connectivity index (χ0v) is 9.61. The van der Waals surface area contributed by atoms with E-state index < -0.39 is 0 Å². The first-order chi connectivity index (χ1) is 7.90. The van der Waals surface area contributed by atoms with Crippen molar-refractivity contribution in [2.24, 2.45) is 0 Å². The molecule has 3 heteroatoms. The molecule has 0 aliphatic carbocycles. The predicted octanol–water partition coefficient (Wildman–Crippen LogP) is 2.13. The van der Waals surface area contributed by atoms with Gasteiger partial charge in [0.25, 0.3) is 0 Å². The zero-order valence-electron chi connectivity index (χ0n) is 9.61. The summed E-state index contributed by atoms with van der Waals surface area (Å²) in [5.74, 6) is 1.22. The molecule has 0 bridgehead atoms. The Bertz CT molecular complexity index is 495. The van der Waals surface area contributed by atoms with E-state index in [1.54, 1.807) is 0 Å². The van der Waals surface area contributed by atoms with E-state index in [2.05, 4.69) is 41.1 Å². The molecule has 0 radical (unpaired) electrons.